The Bertz CT molecular complexity index is 1190. The highest BCUT2D eigenvalue weighted by Crippen LogP contribution is 2.38. The Morgan fingerprint density at radius 3 is 2.97 bits per heavy atom. The van der Waals surface area contributed by atoms with E-state index in [2.05, 4.69) is 38.3 Å². The molecule has 0 radical (unpaired) electrons. The number of aromatic amines is 1. The van der Waals surface area contributed by atoms with E-state index in [1.165, 1.54) is 0 Å². The van der Waals surface area contributed by atoms with Crippen LogP contribution in [0, 0.1) is 5.92 Å². The topological polar surface area (TPSA) is 107 Å². The van der Waals surface area contributed by atoms with Crippen LogP contribution in [0.2, 0.25) is 0 Å². The molecule has 34 heavy (non-hydrogen) atoms. The van der Waals surface area contributed by atoms with Gasteiger partial charge in [-0.1, -0.05) is 12.1 Å². The number of anilines is 2. The predicted molar refractivity (Wildman–Crippen MR) is 130 cm³/mol. The van der Waals surface area contributed by atoms with Crippen molar-refractivity contribution >= 4 is 28.5 Å². The van der Waals surface area contributed by atoms with Crippen molar-refractivity contribution in [1.29, 1.82) is 0 Å². The van der Waals surface area contributed by atoms with Crippen LogP contribution < -0.4 is 15.1 Å². The van der Waals surface area contributed by atoms with E-state index in [1.807, 2.05) is 18.5 Å². The number of benzene rings is 1. The number of aromatic nitrogens is 3. The molecule has 0 bridgehead atoms. The molecule has 1 amide bonds. The molecule has 178 valence electrons. The first-order chi connectivity index (χ1) is 16.7. The lowest BCUT2D eigenvalue weighted by molar-refractivity contribution is 0.0932. The summed E-state index contributed by atoms with van der Waals surface area (Å²) in [6.07, 6.45) is 6.86. The third kappa shape index (κ3) is 3.94. The molecule has 1 saturated heterocycles. The van der Waals surface area contributed by atoms with Crippen LogP contribution in [0.15, 0.2) is 36.7 Å². The van der Waals surface area contributed by atoms with Gasteiger partial charge in [-0.05, 0) is 43.7 Å². The summed E-state index contributed by atoms with van der Waals surface area (Å²) in [7, 11) is 0. The van der Waals surface area contributed by atoms with E-state index in [4.69, 9.17) is 19.8 Å². The van der Waals surface area contributed by atoms with Crippen LogP contribution in [0.5, 0.6) is 0 Å². The molecular formula is C25H30N6O3. The Kier molecular flexibility index (Phi) is 5.49. The average molecular weight is 463 g/mol. The minimum atomic E-state index is -0.922. The van der Waals surface area contributed by atoms with Crippen molar-refractivity contribution in [2.24, 2.45) is 5.92 Å². The predicted octanol–water partition coefficient (Wildman–Crippen LogP) is 3.48. The number of carboxylic acid groups (broad SMARTS) is 1. The summed E-state index contributed by atoms with van der Waals surface area (Å²) in [5.74, 6) is 2.28. The highest BCUT2D eigenvalue weighted by Gasteiger charge is 2.36. The van der Waals surface area contributed by atoms with Crippen LogP contribution in [-0.4, -0.2) is 71.1 Å². The maximum Gasteiger partial charge on any atom is 0.404 e. The van der Waals surface area contributed by atoms with Crippen LogP contribution in [0.3, 0.4) is 0 Å². The molecule has 1 aromatic carbocycles. The lowest BCUT2D eigenvalue weighted by atomic mass is 9.85. The maximum atomic E-state index is 11.0. The van der Waals surface area contributed by atoms with Crippen LogP contribution in [0.1, 0.15) is 25.7 Å². The molecule has 3 N–H and O–H groups in total. The Hall–Kier alpha value is -3.33. The summed E-state index contributed by atoms with van der Waals surface area (Å²) in [6, 6.07) is 8.61. The largest absolute Gasteiger partial charge is 0.465 e. The van der Waals surface area contributed by atoms with E-state index < -0.39 is 6.09 Å². The number of nitrogens with one attached hydrogen (secondary N) is 2. The molecular weight excluding hydrogens is 432 g/mol. The van der Waals surface area contributed by atoms with Gasteiger partial charge in [0.2, 0.25) is 0 Å². The Balaban J connectivity index is 1.28. The molecule has 9 nitrogen and oxygen atoms in total. The summed E-state index contributed by atoms with van der Waals surface area (Å²) in [6.45, 7) is 4.09. The summed E-state index contributed by atoms with van der Waals surface area (Å²) in [4.78, 5) is 29.0. The monoisotopic (exact) mass is 462 g/mol. The summed E-state index contributed by atoms with van der Waals surface area (Å²) >= 11 is 0. The number of carbonyl (C=O) groups is 1. The first-order valence-electron chi connectivity index (χ1n) is 12.2. The molecule has 1 saturated carbocycles. The van der Waals surface area contributed by atoms with Crippen LogP contribution in [-0.2, 0) is 4.74 Å². The second-order valence-corrected chi connectivity index (χ2v) is 9.64. The molecule has 1 aliphatic carbocycles. The van der Waals surface area contributed by atoms with Crippen molar-refractivity contribution in [1.82, 2.24) is 20.3 Å². The molecule has 1 atom stereocenters. The second kappa shape index (κ2) is 8.79. The third-order valence-electron chi connectivity index (χ3n) is 7.51. The Morgan fingerprint density at radius 1 is 1.24 bits per heavy atom. The Morgan fingerprint density at radius 2 is 2.12 bits per heavy atom. The zero-order chi connectivity index (χ0) is 23.1. The van der Waals surface area contributed by atoms with Gasteiger partial charge in [0.1, 0.15) is 0 Å². The molecule has 6 rings (SSSR count). The zero-order valence-electron chi connectivity index (χ0n) is 19.1. The number of hydrogen-bond donors (Lipinski definition) is 3. The number of H-pyrrole nitrogens is 1. The maximum absolute atomic E-state index is 11.0. The molecule has 2 aliphatic heterocycles. The van der Waals surface area contributed by atoms with Gasteiger partial charge in [-0.15, -0.1) is 0 Å². The van der Waals surface area contributed by atoms with Crippen molar-refractivity contribution in [3.63, 3.8) is 0 Å². The fraction of sp³-hybridized carbons (Fsp3) is 0.480. The first-order valence-corrected chi connectivity index (χ1v) is 12.2. The zero-order valence-corrected chi connectivity index (χ0v) is 19.1. The van der Waals surface area contributed by atoms with Crippen LogP contribution >= 0.6 is 0 Å². The van der Waals surface area contributed by atoms with Crippen molar-refractivity contribution in [2.45, 2.75) is 37.8 Å². The van der Waals surface area contributed by atoms with Gasteiger partial charge in [0.25, 0.3) is 0 Å². The van der Waals surface area contributed by atoms with Gasteiger partial charge in [-0.25, -0.2) is 14.8 Å². The lowest BCUT2D eigenvalue weighted by Gasteiger charge is -2.46. The smallest absolute Gasteiger partial charge is 0.404 e. The van der Waals surface area contributed by atoms with E-state index in [0.717, 1.165) is 79.1 Å². The highest BCUT2D eigenvalue weighted by atomic mass is 16.5. The molecule has 1 unspecified atom stereocenters. The normalized spacial score (nSPS) is 24.5. The molecule has 2 fully saturated rings. The number of hydrogen-bond acceptors (Lipinski definition) is 6. The van der Waals surface area contributed by atoms with Gasteiger partial charge < -0.3 is 29.9 Å². The number of rotatable bonds is 4. The molecule has 3 aliphatic rings. The first kappa shape index (κ1) is 21.2. The summed E-state index contributed by atoms with van der Waals surface area (Å²) in [5, 5.41) is 12.8. The second-order valence-electron chi connectivity index (χ2n) is 9.64. The number of nitrogens with zero attached hydrogens (tertiary/aromatic N) is 4. The fourth-order valence-electron chi connectivity index (χ4n) is 5.80. The van der Waals surface area contributed by atoms with Gasteiger partial charge >= 0.3 is 6.09 Å². The SMILES string of the molecule is O=C(O)N[C@H]1CC[C@H](CN2CC3COCCN3c3nc(-c4cccc5[nH]ccc45)ncc32)CC1. The van der Waals surface area contributed by atoms with E-state index in [-0.39, 0.29) is 12.1 Å². The van der Waals surface area contributed by atoms with Gasteiger partial charge in [0.15, 0.2) is 11.6 Å². The van der Waals surface area contributed by atoms with Crippen LogP contribution in [0.25, 0.3) is 22.3 Å². The van der Waals surface area contributed by atoms with Crippen molar-refractivity contribution in [3.8, 4) is 11.4 Å². The summed E-state index contributed by atoms with van der Waals surface area (Å²) in [5.41, 5.74) is 3.21. The molecule has 0 spiro atoms. The van der Waals surface area contributed by atoms with Crippen LogP contribution in [0.4, 0.5) is 16.3 Å². The minimum absolute atomic E-state index is 0.0756. The van der Waals surface area contributed by atoms with Gasteiger partial charge in [0, 0.05) is 48.3 Å². The van der Waals surface area contributed by atoms with Crippen molar-refractivity contribution in [2.75, 3.05) is 42.6 Å². The standard InChI is InChI=1S/C25H30N6O3/c32-25(33)28-17-6-4-16(5-7-17)13-30-14-18-15-34-11-10-31(18)24-22(30)12-27-23(29-24)20-2-1-3-21-19(20)8-9-26-21/h1-3,8-9,12,16-18,26,28H,4-7,10-11,13-15H2,(H,32,33)/t16-,17-,18?. The quantitative estimate of drug-likeness (QED) is 0.545. The minimum Gasteiger partial charge on any atom is -0.465 e. The molecule has 3 aromatic rings. The van der Waals surface area contributed by atoms with E-state index >= 15 is 0 Å². The highest BCUT2D eigenvalue weighted by molar-refractivity contribution is 5.93. The van der Waals surface area contributed by atoms with E-state index in [1.54, 1.807) is 0 Å². The molecule has 2 aromatic heterocycles. The van der Waals surface area contributed by atoms with Gasteiger partial charge in [-0.3, -0.25) is 0 Å². The number of ether oxygens (including phenoxy) is 1. The fourth-order valence-corrected chi connectivity index (χ4v) is 5.80. The van der Waals surface area contributed by atoms with E-state index in [9.17, 15) is 4.79 Å². The van der Waals surface area contributed by atoms with Crippen molar-refractivity contribution < 1.29 is 14.6 Å². The lowest BCUT2D eigenvalue weighted by Crippen LogP contribution is -2.56. The summed E-state index contributed by atoms with van der Waals surface area (Å²) < 4.78 is 5.83. The van der Waals surface area contributed by atoms with Crippen molar-refractivity contribution in [3.05, 3.63) is 36.7 Å². The molecule has 4 heterocycles. The number of morpholine rings is 1. The third-order valence-corrected chi connectivity index (χ3v) is 7.51. The molecule has 9 heteroatoms. The number of fused-ring (bicyclic) bond motifs is 4. The average Bonchev–Trinajstić information content (AvgIpc) is 3.34. The van der Waals surface area contributed by atoms with Gasteiger partial charge in [0.05, 0.1) is 31.1 Å². The van der Waals surface area contributed by atoms with E-state index in [0.29, 0.717) is 19.1 Å². The Labute approximate surface area is 198 Å². The van der Waals surface area contributed by atoms with Gasteiger partial charge in [-0.2, -0.15) is 0 Å². The number of amides is 1.